The van der Waals surface area contributed by atoms with E-state index >= 15 is 0 Å². The first-order chi connectivity index (χ1) is 16.3. The molecule has 0 aliphatic carbocycles. The fourth-order valence-electron chi connectivity index (χ4n) is 4.04. The maximum Gasteiger partial charge on any atom is 0.300 e. The van der Waals surface area contributed by atoms with Gasteiger partial charge in [0.05, 0.1) is 18.7 Å². The zero-order valence-electron chi connectivity index (χ0n) is 18.9. The zero-order valence-corrected chi connectivity index (χ0v) is 18.9. The van der Waals surface area contributed by atoms with Gasteiger partial charge in [-0.25, -0.2) is 0 Å². The summed E-state index contributed by atoms with van der Waals surface area (Å²) >= 11 is 0. The Morgan fingerprint density at radius 3 is 2.44 bits per heavy atom. The molecule has 0 bridgehead atoms. The van der Waals surface area contributed by atoms with Crippen molar-refractivity contribution in [3.05, 3.63) is 89.3 Å². The normalized spacial score (nSPS) is 17.0. The average Bonchev–Trinajstić information content (AvgIpc) is 3.09. The maximum atomic E-state index is 13.2. The van der Waals surface area contributed by atoms with Crippen molar-refractivity contribution in [1.29, 1.82) is 0 Å². The summed E-state index contributed by atoms with van der Waals surface area (Å²) in [6, 6.07) is 14.1. The monoisotopic (exact) mass is 457 g/mol. The van der Waals surface area contributed by atoms with Gasteiger partial charge in [-0.3, -0.25) is 24.3 Å². The third-order valence-corrected chi connectivity index (χ3v) is 5.58. The highest BCUT2D eigenvalue weighted by Gasteiger charge is 2.47. The number of rotatable bonds is 5. The minimum absolute atomic E-state index is 0.0338. The minimum Gasteiger partial charge on any atom is -0.507 e. The molecule has 2 N–H and O–H groups in total. The summed E-state index contributed by atoms with van der Waals surface area (Å²) in [6.45, 7) is 3.22. The van der Waals surface area contributed by atoms with E-state index in [1.165, 1.54) is 11.8 Å². The fraction of sp³-hybridized carbons (Fsp3) is 0.154. The number of aliphatic hydroxyl groups is 1. The van der Waals surface area contributed by atoms with E-state index in [4.69, 9.17) is 4.74 Å². The van der Waals surface area contributed by atoms with E-state index in [-0.39, 0.29) is 17.2 Å². The Bertz CT molecular complexity index is 1300. The molecule has 1 atom stereocenters. The number of aryl methyl sites for hydroxylation is 1. The summed E-state index contributed by atoms with van der Waals surface area (Å²) in [5.41, 5.74) is 2.70. The van der Waals surface area contributed by atoms with Crippen molar-refractivity contribution in [2.45, 2.75) is 19.9 Å². The molecule has 172 valence electrons. The summed E-state index contributed by atoms with van der Waals surface area (Å²) in [4.78, 5) is 43.2. The predicted molar refractivity (Wildman–Crippen MR) is 127 cm³/mol. The van der Waals surface area contributed by atoms with Gasteiger partial charge in [0.1, 0.15) is 11.5 Å². The van der Waals surface area contributed by atoms with Gasteiger partial charge < -0.3 is 15.2 Å². The smallest absolute Gasteiger partial charge is 0.300 e. The number of nitrogens with zero attached hydrogens (tertiary/aromatic N) is 2. The molecule has 3 aromatic rings. The molecule has 0 saturated carbocycles. The molecule has 1 aromatic heterocycles. The third kappa shape index (κ3) is 4.13. The number of methoxy groups -OCH3 is 1. The van der Waals surface area contributed by atoms with Gasteiger partial charge in [0.2, 0.25) is 5.91 Å². The standard InChI is InChI=1S/C26H23N3O5/c1-15-13-17(6-11-21(15)34-3)24(31)22-23(18-5-4-12-27-14-18)29(26(33)25(22)32)20-9-7-19(8-10-20)28-16(2)30/h4-14,23,31H,1-3H3,(H,28,30)/b24-22-. The van der Waals surface area contributed by atoms with Crippen LogP contribution in [0, 0.1) is 6.92 Å². The van der Waals surface area contributed by atoms with Crippen LogP contribution in [-0.2, 0) is 14.4 Å². The van der Waals surface area contributed by atoms with Gasteiger partial charge in [0.15, 0.2) is 0 Å². The molecule has 1 aliphatic heterocycles. The van der Waals surface area contributed by atoms with Gasteiger partial charge in [-0.1, -0.05) is 6.07 Å². The first-order valence-electron chi connectivity index (χ1n) is 10.6. The number of aromatic nitrogens is 1. The second-order valence-corrected chi connectivity index (χ2v) is 7.87. The van der Waals surface area contributed by atoms with Crippen molar-refractivity contribution in [2.24, 2.45) is 0 Å². The van der Waals surface area contributed by atoms with Crippen LogP contribution in [-0.4, -0.2) is 34.8 Å². The molecule has 8 nitrogen and oxygen atoms in total. The van der Waals surface area contributed by atoms with Crippen LogP contribution >= 0.6 is 0 Å². The topological polar surface area (TPSA) is 109 Å². The molecule has 1 unspecified atom stereocenters. The van der Waals surface area contributed by atoms with Crippen LogP contribution in [0.2, 0.25) is 0 Å². The minimum atomic E-state index is -0.886. The van der Waals surface area contributed by atoms with Gasteiger partial charge in [-0.15, -0.1) is 0 Å². The number of Topliss-reactive ketones (excluding diaryl/α,β-unsaturated/α-hetero) is 1. The van der Waals surface area contributed by atoms with Gasteiger partial charge in [0, 0.05) is 36.3 Å². The van der Waals surface area contributed by atoms with Crippen LogP contribution in [0.4, 0.5) is 11.4 Å². The molecule has 4 rings (SSSR count). The Morgan fingerprint density at radius 2 is 1.85 bits per heavy atom. The molecule has 1 saturated heterocycles. The summed E-state index contributed by atoms with van der Waals surface area (Å²) in [6.07, 6.45) is 3.15. The van der Waals surface area contributed by atoms with E-state index in [9.17, 15) is 19.5 Å². The number of carbonyl (C=O) groups excluding carboxylic acids is 3. The summed E-state index contributed by atoms with van der Waals surface area (Å²) < 4.78 is 5.28. The summed E-state index contributed by atoms with van der Waals surface area (Å²) in [5.74, 6) is -1.44. The third-order valence-electron chi connectivity index (χ3n) is 5.58. The number of carbonyl (C=O) groups is 3. The number of pyridine rings is 1. The summed E-state index contributed by atoms with van der Waals surface area (Å²) in [5, 5.41) is 13.9. The van der Waals surface area contributed by atoms with Crippen LogP contribution in [0.3, 0.4) is 0 Å². The van der Waals surface area contributed by atoms with Crippen molar-refractivity contribution in [1.82, 2.24) is 4.98 Å². The number of anilines is 2. The van der Waals surface area contributed by atoms with Crippen molar-refractivity contribution in [3.8, 4) is 5.75 Å². The second kappa shape index (κ2) is 9.19. The van der Waals surface area contributed by atoms with Crippen LogP contribution in [0.5, 0.6) is 5.75 Å². The molecule has 2 amide bonds. The second-order valence-electron chi connectivity index (χ2n) is 7.87. The SMILES string of the molecule is COc1ccc(/C(O)=C2/C(=O)C(=O)N(c3ccc(NC(C)=O)cc3)C2c2cccnc2)cc1C. The Hall–Kier alpha value is -4.46. The zero-order chi connectivity index (χ0) is 24.4. The predicted octanol–water partition coefficient (Wildman–Crippen LogP) is 3.98. The maximum absolute atomic E-state index is 13.2. The molecule has 0 radical (unpaired) electrons. The number of hydrogen-bond donors (Lipinski definition) is 2. The number of aliphatic hydroxyl groups excluding tert-OH is 1. The van der Waals surface area contributed by atoms with Crippen molar-refractivity contribution >= 4 is 34.7 Å². The lowest BCUT2D eigenvalue weighted by molar-refractivity contribution is -0.132. The summed E-state index contributed by atoms with van der Waals surface area (Å²) in [7, 11) is 1.55. The number of hydrogen-bond acceptors (Lipinski definition) is 6. The van der Waals surface area contributed by atoms with Crippen LogP contribution in [0.1, 0.15) is 29.7 Å². The van der Waals surface area contributed by atoms with Gasteiger partial charge in [0.25, 0.3) is 11.7 Å². The van der Waals surface area contributed by atoms with Crippen LogP contribution in [0.15, 0.2) is 72.6 Å². The number of ether oxygens (including phenoxy) is 1. The van der Waals surface area contributed by atoms with E-state index in [0.717, 1.165) is 5.56 Å². The van der Waals surface area contributed by atoms with Crippen LogP contribution < -0.4 is 15.0 Å². The molecule has 1 aliphatic rings. The lowest BCUT2D eigenvalue weighted by Crippen LogP contribution is -2.29. The average molecular weight is 457 g/mol. The first-order valence-corrected chi connectivity index (χ1v) is 10.6. The Kier molecular flexibility index (Phi) is 6.14. The van der Waals surface area contributed by atoms with E-state index < -0.39 is 17.7 Å². The Morgan fingerprint density at radius 1 is 1.12 bits per heavy atom. The number of amides is 2. The van der Waals surface area contributed by atoms with Crippen molar-refractivity contribution in [3.63, 3.8) is 0 Å². The first kappa shape index (κ1) is 22.7. The van der Waals surface area contributed by atoms with E-state index in [0.29, 0.717) is 28.3 Å². The van der Waals surface area contributed by atoms with Gasteiger partial charge in [-0.2, -0.15) is 0 Å². The Labute approximate surface area is 196 Å². The van der Waals surface area contributed by atoms with Crippen molar-refractivity contribution < 1.29 is 24.2 Å². The molecule has 0 spiro atoms. The molecule has 34 heavy (non-hydrogen) atoms. The largest absolute Gasteiger partial charge is 0.507 e. The van der Waals surface area contributed by atoms with Gasteiger partial charge >= 0.3 is 0 Å². The highest BCUT2D eigenvalue weighted by atomic mass is 16.5. The number of nitrogens with one attached hydrogen (secondary N) is 1. The fourth-order valence-corrected chi connectivity index (χ4v) is 4.04. The van der Waals surface area contributed by atoms with Crippen LogP contribution in [0.25, 0.3) is 5.76 Å². The lowest BCUT2D eigenvalue weighted by Gasteiger charge is -2.25. The lowest BCUT2D eigenvalue weighted by atomic mass is 9.95. The molecule has 8 heteroatoms. The van der Waals surface area contributed by atoms with Gasteiger partial charge in [-0.05, 0) is 66.6 Å². The highest BCUT2D eigenvalue weighted by Crippen LogP contribution is 2.42. The van der Waals surface area contributed by atoms with Crippen molar-refractivity contribution in [2.75, 3.05) is 17.3 Å². The molecule has 2 heterocycles. The highest BCUT2D eigenvalue weighted by molar-refractivity contribution is 6.51. The van der Waals surface area contributed by atoms with E-state index in [1.807, 2.05) is 6.92 Å². The molecule has 2 aromatic carbocycles. The molecular formula is C26H23N3O5. The van der Waals surface area contributed by atoms with E-state index in [1.54, 1.807) is 74.1 Å². The number of benzene rings is 2. The quantitative estimate of drug-likeness (QED) is 0.341. The number of ketones is 1. The Balaban J connectivity index is 1.86. The van der Waals surface area contributed by atoms with E-state index in [2.05, 4.69) is 10.3 Å². The molecular weight excluding hydrogens is 434 g/mol. The molecule has 1 fully saturated rings.